The van der Waals surface area contributed by atoms with Gasteiger partial charge in [-0.2, -0.15) is 5.21 Å². The third-order valence-electron chi connectivity index (χ3n) is 6.18. The number of nitrogens with zero attached hydrogens (tertiary/aromatic N) is 6. The standard InChI is InChI=1S/C24H26N6O3.C5H14NO/c1-4-7-19-25-21(24(2,3)33)20(23(31)32)30(19)14-15-10-12-16(13-11-15)17-8-5-6-9-18(17)22-26-28-29-27-22;1-6(2,3)4-5-7/h5-6,8-13,33H,4,7,14H2,1-3H3,(H,31,32)(H,26,27,28,29);7H,4-5H2,1-3H3/q;+1/p-1. The Balaban J connectivity index is 0.000000559. The molecule has 0 aliphatic heterocycles. The van der Waals surface area contributed by atoms with Crippen LogP contribution in [0.1, 0.15) is 54.8 Å². The number of rotatable bonds is 10. The van der Waals surface area contributed by atoms with Gasteiger partial charge >= 0.3 is 0 Å². The fraction of sp³-hybridized carbons (Fsp3) is 0.414. The third-order valence-corrected chi connectivity index (χ3v) is 6.18. The summed E-state index contributed by atoms with van der Waals surface area (Å²) >= 11 is 0. The van der Waals surface area contributed by atoms with E-state index < -0.39 is 11.6 Å². The monoisotopic (exact) mass is 549 g/mol. The SMILES string of the molecule is CCCc1nc(C(C)(C)O)c(C(=O)[O-])n1Cc1ccc(-c2ccccc2-c2nn[nH]n2)cc1.C[N+](C)(C)CCO. The van der Waals surface area contributed by atoms with E-state index >= 15 is 0 Å². The maximum absolute atomic E-state index is 12.0. The van der Waals surface area contributed by atoms with Crippen LogP contribution in [0.15, 0.2) is 48.5 Å². The van der Waals surface area contributed by atoms with Gasteiger partial charge in [0.05, 0.1) is 45.1 Å². The van der Waals surface area contributed by atoms with Crippen molar-refractivity contribution >= 4 is 5.97 Å². The Bertz CT molecular complexity index is 1380. The molecule has 4 aromatic rings. The molecule has 2 aromatic carbocycles. The van der Waals surface area contributed by atoms with Crippen LogP contribution in [0.25, 0.3) is 22.5 Å². The highest BCUT2D eigenvalue weighted by atomic mass is 16.4. The van der Waals surface area contributed by atoms with E-state index in [2.05, 4.69) is 46.8 Å². The van der Waals surface area contributed by atoms with E-state index in [0.717, 1.165) is 39.7 Å². The zero-order valence-electron chi connectivity index (χ0n) is 24.0. The molecule has 40 heavy (non-hydrogen) atoms. The van der Waals surface area contributed by atoms with Crippen LogP contribution in [-0.2, 0) is 18.6 Å². The molecule has 0 fully saturated rings. The number of aromatic carboxylic acids is 1. The number of aromatic nitrogens is 6. The summed E-state index contributed by atoms with van der Waals surface area (Å²) < 4.78 is 2.48. The second-order valence-corrected chi connectivity index (χ2v) is 11.1. The first-order chi connectivity index (χ1) is 18.9. The molecule has 0 aliphatic rings. The van der Waals surface area contributed by atoms with Crippen molar-refractivity contribution in [3.05, 3.63) is 71.3 Å². The van der Waals surface area contributed by atoms with Crippen LogP contribution in [0, 0.1) is 0 Å². The summed E-state index contributed by atoms with van der Waals surface area (Å²) in [6.07, 6.45) is 1.38. The highest BCUT2D eigenvalue weighted by molar-refractivity contribution is 5.86. The van der Waals surface area contributed by atoms with Gasteiger partial charge in [-0.15, -0.1) is 10.2 Å². The van der Waals surface area contributed by atoms with Gasteiger partial charge < -0.3 is 29.2 Å². The average Bonchev–Trinajstić information content (AvgIpc) is 3.53. The Labute approximate surface area is 234 Å². The molecule has 0 saturated carbocycles. The first-order valence-corrected chi connectivity index (χ1v) is 13.2. The molecule has 0 saturated heterocycles. The van der Waals surface area contributed by atoms with Crippen LogP contribution in [0.3, 0.4) is 0 Å². The zero-order chi connectivity index (χ0) is 29.5. The maximum Gasteiger partial charge on any atom is 0.205 e. The number of aryl methyl sites for hydroxylation is 1. The molecule has 0 radical (unpaired) electrons. The van der Waals surface area contributed by atoms with E-state index in [1.165, 1.54) is 13.8 Å². The normalized spacial score (nSPS) is 11.7. The molecule has 0 amide bonds. The number of imidazole rings is 1. The van der Waals surface area contributed by atoms with Crippen molar-refractivity contribution in [2.24, 2.45) is 0 Å². The Hall–Kier alpha value is -3.93. The number of tetrazole rings is 1. The summed E-state index contributed by atoms with van der Waals surface area (Å²) in [5.41, 5.74) is 2.32. The summed E-state index contributed by atoms with van der Waals surface area (Å²) in [6, 6.07) is 15.6. The van der Waals surface area contributed by atoms with Gasteiger partial charge in [0.15, 0.2) is 0 Å². The number of likely N-dealkylation sites (N-methyl/N-ethyl adjacent to an activating group) is 1. The van der Waals surface area contributed by atoms with Crippen LogP contribution < -0.4 is 5.11 Å². The predicted octanol–water partition coefficient (Wildman–Crippen LogP) is 2.01. The summed E-state index contributed by atoms with van der Waals surface area (Å²) in [5.74, 6) is -0.233. The Morgan fingerprint density at radius 2 is 1.73 bits per heavy atom. The Morgan fingerprint density at radius 1 is 1.07 bits per heavy atom. The molecular formula is C29H39N7O4. The molecule has 0 bridgehead atoms. The number of aromatic amines is 1. The predicted molar refractivity (Wildman–Crippen MR) is 150 cm³/mol. The van der Waals surface area contributed by atoms with Crippen LogP contribution in [-0.4, -0.2) is 85.1 Å². The fourth-order valence-corrected chi connectivity index (χ4v) is 4.20. The van der Waals surface area contributed by atoms with E-state index in [4.69, 9.17) is 5.11 Å². The van der Waals surface area contributed by atoms with Gasteiger partial charge in [0.25, 0.3) is 0 Å². The second kappa shape index (κ2) is 12.9. The molecule has 11 heteroatoms. The van der Waals surface area contributed by atoms with Gasteiger partial charge in [-0.25, -0.2) is 4.98 Å². The minimum absolute atomic E-state index is 0.0857. The number of nitrogens with one attached hydrogen (secondary N) is 1. The number of carbonyl (C=O) groups excluding carboxylic acids is 1. The van der Waals surface area contributed by atoms with Crippen molar-refractivity contribution in [2.45, 2.75) is 45.8 Å². The van der Waals surface area contributed by atoms with Gasteiger partial charge in [-0.1, -0.05) is 55.5 Å². The van der Waals surface area contributed by atoms with Crippen molar-refractivity contribution < 1.29 is 24.6 Å². The lowest BCUT2D eigenvalue weighted by atomic mass is 9.98. The molecule has 0 aliphatic carbocycles. The van der Waals surface area contributed by atoms with Crippen molar-refractivity contribution in [1.29, 1.82) is 0 Å². The van der Waals surface area contributed by atoms with Crippen molar-refractivity contribution in [3.63, 3.8) is 0 Å². The number of carboxylic acids is 1. The van der Waals surface area contributed by atoms with Crippen LogP contribution in [0.5, 0.6) is 0 Å². The average molecular weight is 550 g/mol. The lowest BCUT2D eigenvalue weighted by Crippen LogP contribution is -2.36. The van der Waals surface area contributed by atoms with Gasteiger partial charge in [0, 0.05) is 18.5 Å². The van der Waals surface area contributed by atoms with E-state index in [1.54, 1.807) is 4.57 Å². The third kappa shape index (κ3) is 7.81. The molecule has 2 aromatic heterocycles. The highest BCUT2D eigenvalue weighted by Gasteiger charge is 2.28. The number of hydrogen-bond acceptors (Lipinski definition) is 8. The molecule has 0 unspecified atom stereocenters. The lowest BCUT2D eigenvalue weighted by molar-refractivity contribution is -0.870. The lowest BCUT2D eigenvalue weighted by Gasteiger charge is -2.21. The number of hydrogen-bond donors (Lipinski definition) is 3. The Morgan fingerprint density at radius 3 is 2.20 bits per heavy atom. The number of H-pyrrole nitrogens is 1. The molecular weight excluding hydrogens is 510 g/mol. The molecule has 2 heterocycles. The molecule has 214 valence electrons. The topological polar surface area (TPSA) is 153 Å². The van der Waals surface area contributed by atoms with Gasteiger partial charge in [-0.3, -0.25) is 0 Å². The Kier molecular flexibility index (Phi) is 9.91. The molecule has 0 spiro atoms. The smallest absolute Gasteiger partial charge is 0.205 e. The molecule has 4 rings (SSSR count). The summed E-state index contributed by atoms with van der Waals surface area (Å²) in [6.45, 7) is 6.46. The van der Waals surface area contributed by atoms with Crippen molar-refractivity contribution in [2.75, 3.05) is 34.3 Å². The van der Waals surface area contributed by atoms with E-state index in [1.807, 2.05) is 55.5 Å². The van der Waals surface area contributed by atoms with E-state index in [-0.39, 0.29) is 18.0 Å². The van der Waals surface area contributed by atoms with Crippen LogP contribution >= 0.6 is 0 Å². The number of carbonyl (C=O) groups is 1. The molecule has 0 atom stereocenters. The van der Waals surface area contributed by atoms with Gasteiger partial charge in [0.2, 0.25) is 5.82 Å². The largest absolute Gasteiger partial charge is 0.543 e. The number of aliphatic hydroxyl groups is 2. The number of benzene rings is 2. The second-order valence-electron chi connectivity index (χ2n) is 11.1. The fourth-order valence-electron chi connectivity index (χ4n) is 4.20. The maximum atomic E-state index is 12.0. The van der Waals surface area contributed by atoms with Gasteiger partial charge in [-0.05, 0) is 42.2 Å². The van der Waals surface area contributed by atoms with E-state index in [9.17, 15) is 15.0 Å². The minimum atomic E-state index is -1.40. The van der Waals surface area contributed by atoms with Crippen LogP contribution in [0.4, 0.5) is 0 Å². The van der Waals surface area contributed by atoms with Crippen molar-refractivity contribution in [1.82, 2.24) is 30.2 Å². The summed E-state index contributed by atoms with van der Waals surface area (Å²) in [5, 5.41) is 45.1. The first kappa shape index (κ1) is 30.6. The number of aliphatic hydroxyl groups excluding tert-OH is 1. The minimum Gasteiger partial charge on any atom is -0.543 e. The number of quaternary nitrogens is 1. The number of carboxylic acid groups (broad SMARTS) is 1. The van der Waals surface area contributed by atoms with Crippen LogP contribution in [0.2, 0.25) is 0 Å². The van der Waals surface area contributed by atoms with E-state index in [0.29, 0.717) is 24.6 Å². The summed E-state index contributed by atoms with van der Waals surface area (Å²) in [4.78, 5) is 16.4. The highest BCUT2D eigenvalue weighted by Crippen LogP contribution is 2.30. The van der Waals surface area contributed by atoms with Crippen molar-refractivity contribution in [3.8, 4) is 22.5 Å². The molecule has 3 N–H and O–H groups in total. The zero-order valence-corrected chi connectivity index (χ0v) is 24.0. The molecule has 11 nitrogen and oxygen atoms in total. The van der Waals surface area contributed by atoms with Gasteiger partial charge in [0.1, 0.15) is 18.0 Å². The quantitative estimate of drug-likeness (QED) is 0.254. The first-order valence-electron chi connectivity index (χ1n) is 13.2. The summed E-state index contributed by atoms with van der Waals surface area (Å²) in [7, 11) is 6.16.